The number of nitrogens with two attached hydrogens (primary N) is 1. The Morgan fingerprint density at radius 1 is 1.73 bits per heavy atom. The summed E-state index contributed by atoms with van der Waals surface area (Å²) < 4.78 is 17.6. The van der Waals surface area contributed by atoms with E-state index in [4.69, 9.17) is 22.4 Å². The maximum Gasteiger partial charge on any atom is 0.358 e. The van der Waals surface area contributed by atoms with Crippen molar-refractivity contribution in [2.45, 2.75) is 6.61 Å². The molecule has 0 aliphatic heterocycles. The van der Waals surface area contributed by atoms with E-state index >= 15 is 0 Å². The van der Waals surface area contributed by atoms with Crippen LogP contribution in [0, 0.1) is 5.82 Å². The number of methoxy groups -OCH3 is 1. The Labute approximate surface area is 89.6 Å². The van der Waals surface area contributed by atoms with Crippen molar-refractivity contribution in [2.75, 3.05) is 12.8 Å². The molecule has 0 saturated heterocycles. The Balaban J connectivity index is 3.41. The third-order valence-electron chi connectivity index (χ3n) is 1.71. The molecule has 0 aromatic carbocycles. The summed E-state index contributed by atoms with van der Waals surface area (Å²) in [6, 6.07) is 0. The van der Waals surface area contributed by atoms with Crippen molar-refractivity contribution in [3.8, 4) is 0 Å². The van der Waals surface area contributed by atoms with Crippen LogP contribution >= 0.6 is 11.6 Å². The van der Waals surface area contributed by atoms with E-state index in [0.717, 1.165) is 7.11 Å². The van der Waals surface area contributed by atoms with Gasteiger partial charge >= 0.3 is 5.97 Å². The van der Waals surface area contributed by atoms with Crippen molar-refractivity contribution in [3.05, 3.63) is 22.2 Å². The van der Waals surface area contributed by atoms with E-state index in [1.807, 2.05) is 0 Å². The normalized spacial score (nSPS) is 10.1. The number of hydrogen-bond donors (Lipinski definition) is 2. The van der Waals surface area contributed by atoms with E-state index in [-0.39, 0.29) is 16.4 Å². The Bertz CT molecular complexity index is 411. The van der Waals surface area contributed by atoms with Crippen molar-refractivity contribution < 1.29 is 19.0 Å². The van der Waals surface area contributed by atoms with Crippen LogP contribution in [-0.4, -0.2) is 23.2 Å². The zero-order chi connectivity index (χ0) is 11.6. The average Bonchev–Trinajstić information content (AvgIpc) is 2.25. The fourth-order valence-corrected chi connectivity index (χ4v) is 1.15. The van der Waals surface area contributed by atoms with Crippen LogP contribution in [0.15, 0.2) is 0 Å². The van der Waals surface area contributed by atoms with Gasteiger partial charge in [-0.2, -0.15) is 0 Å². The largest absolute Gasteiger partial charge is 0.464 e. The molecule has 0 saturated carbocycles. The smallest absolute Gasteiger partial charge is 0.358 e. The quantitative estimate of drug-likeness (QED) is 0.737. The lowest BCUT2D eigenvalue weighted by molar-refractivity contribution is 0.0593. The summed E-state index contributed by atoms with van der Waals surface area (Å²) in [4.78, 5) is 14.6. The molecule has 1 heterocycles. The number of anilines is 1. The van der Waals surface area contributed by atoms with Crippen molar-refractivity contribution in [3.63, 3.8) is 0 Å². The molecule has 7 heteroatoms. The summed E-state index contributed by atoms with van der Waals surface area (Å²) in [5.41, 5.74) is 4.18. The Hall–Kier alpha value is -1.40. The molecule has 0 aliphatic rings. The topological polar surface area (TPSA) is 85.4 Å². The Kier molecular flexibility index (Phi) is 3.43. The number of aliphatic hydroxyl groups excluding tert-OH is 1. The number of hydrogen-bond acceptors (Lipinski definition) is 5. The fourth-order valence-electron chi connectivity index (χ4n) is 0.949. The second-order valence-corrected chi connectivity index (χ2v) is 2.98. The monoisotopic (exact) mass is 234 g/mol. The number of halogens is 2. The molecule has 0 radical (unpaired) electrons. The molecule has 15 heavy (non-hydrogen) atoms. The summed E-state index contributed by atoms with van der Waals surface area (Å²) in [6.45, 7) is -0.683. The summed E-state index contributed by atoms with van der Waals surface area (Å²) >= 11 is 5.59. The van der Waals surface area contributed by atoms with Crippen molar-refractivity contribution in [1.82, 2.24) is 4.98 Å². The number of rotatable bonds is 2. The molecule has 0 aliphatic carbocycles. The molecule has 0 bridgehead atoms. The number of carbonyl (C=O) groups is 1. The van der Waals surface area contributed by atoms with Crippen LogP contribution in [0.1, 0.15) is 16.2 Å². The fraction of sp³-hybridized carbons (Fsp3) is 0.250. The standard InChI is InChI=1S/C8H8ClFN2O3/c1-15-8(14)7-4(9)6(11)5(10)3(2-13)12-7/h13H,2H2,1H3,(H2,11,12). The van der Waals surface area contributed by atoms with Gasteiger partial charge in [0.1, 0.15) is 5.69 Å². The zero-order valence-electron chi connectivity index (χ0n) is 7.75. The van der Waals surface area contributed by atoms with Crippen LogP contribution in [-0.2, 0) is 11.3 Å². The molecule has 82 valence electrons. The van der Waals surface area contributed by atoms with Crippen LogP contribution in [0.5, 0.6) is 0 Å². The number of aromatic nitrogens is 1. The molecule has 0 fully saturated rings. The van der Waals surface area contributed by atoms with E-state index in [1.54, 1.807) is 0 Å². The van der Waals surface area contributed by atoms with E-state index < -0.39 is 24.1 Å². The summed E-state index contributed by atoms with van der Waals surface area (Å²) in [5.74, 6) is -1.78. The van der Waals surface area contributed by atoms with Crippen LogP contribution in [0.4, 0.5) is 10.1 Å². The van der Waals surface area contributed by atoms with Crippen LogP contribution in [0.25, 0.3) is 0 Å². The van der Waals surface area contributed by atoms with Gasteiger partial charge in [0, 0.05) is 0 Å². The first-order valence-electron chi connectivity index (χ1n) is 3.85. The van der Waals surface area contributed by atoms with Crippen molar-refractivity contribution in [2.24, 2.45) is 0 Å². The number of pyridine rings is 1. The highest BCUT2D eigenvalue weighted by atomic mass is 35.5. The minimum atomic E-state index is -0.935. The van der Waals surface area contributed by atoms with Crippen LogP contribution in [0.3, 0.4) is 0 Å². The first kappa shape index (κ1) is 11.7. The van der Waals surface area contributed by atoms with E-state index in [1.165, 1.54) is 0 Å². The lowest BCUT2D eigenvalue weighted by Gasteiger charge is -2.08. The highest BCUT2D eigenvalue weighted by Crippen LogP contribution is 2.27. The van der Waals surface area contributed by atoms with Gasteiger partial charge in [-0.3, -0.25) is 0 Å². The molecule has 0 atom stereocenters. The molecule has 5 nitrogen and oxygen atoms in total. The maximum absolute atomic E-state index is 13.2. The highest BCUT2D eigenvalue weighted by molar-refractivity contribution is 6.35. The van der Waals surface area contributed by atoms with Crippen LogP contribution < -0.4 is 5.73 Å². The second-order valence-electron chi connectivity index (χ2n) is 2.60. The molecule has 1 rings (SSSR count). The average molecular weight is 235 g/mol. The minimum Gasteiger partial charge on any atom is -0.464 e. The molecule has 0 unspecified atom stereocenters. The van der Waals surface area contributed by atoms with Crippen molar-refractivity contribution in [1.29, 1.82) is 0 Å². The first-order valence-corrected chi connectivity index (χ1v) is 4.23. The molecule has 0 amide bonds. The summed E-state index contributed by atoms with van der Waals surface area (Å²) in [6.07, 6.45) is 0. The Morgan fingerprint density at radius 3 is 2.80 bits per heavy atom. The third-order valence-corrected chi connectivity index (χ3v) is 2.09. The van der Waals surface area contributed by atoms with Gasteiger partial charge in [-0.15, -0.1) is 0 Å². The zero-order valence-corrected chi connectivity index (χ0v) is 8.51. The van der Waals surface area contributed by atoms with Gasteiger partial charge < -0.3 is 15.6 Å². The molecular weight excluding hydrogens is 227 g/mol. The SMILES string of the molecule is COC(=O)c1nc(CO)c(F)c(N)c1Cl. The second kappa shape index (κ2) is 4.41. The number of aliphatic hydroxyl groups is 1. The van der Waals surface area contributed by atoms with Crippen molar-refractivity contribution >= 4 is 23.3 Å². The number of nitrogen functional groups attached to an aromatic ring is 1. The van der Waals surface area contributed by atoms with Gasteiger partial charge in [0.05, 0.1) is 24.4 Å². The number of ether oxygens (including phenoxy) is 1. The molecule has 1 aromatic rings. The van der Waals surface area contributed by atoms with Gasteiger partial charge in [0.2, 0.25) is 0 Å². The summed E-state index contributed by atoms with van der Waals surface area (Å²) in [7, 11) is 1.12. The maximum atomic E-state index is 13.2. The molecule has 3 N–H and O–H groups in total. The number of nitrogens with zero attached hydrogens (tertiary/aromatic N) is 1. The molecule has 1 aromatic heterocycles. The third kappa shape index (κ3) is 2.00. The van der Waals surface area contributed by atoms with Gasteiger partial charge in [-0.05, 0) is 0 Å². The lowest BCUT2D eigenvalue weighted by atomic mass is 10.2. The Morgan fingerprint density at radius 2 is 2.33 bits per heavy atom. The summed E-state index contributed by atoms with van der Waals surface area (Å²) in [5, 5.41) is 8.44. The minimum absolute atomic E-state index is 0.317. The van der Waals surface area contributed by atoms with Gasteiger partial charge in [0.25, 0.3) is 0 Å². The molecule has 0 spiro atoms. The number of esters is 1. The predicted octanol–water partition coefficient (Wildman–Crippen LogP) is 0.735. The lowest BCUT2D eigenvalue weighted by Crippen LogP contribution is -2.11. The highest BCUT2D eigenvalue weighted by Gasteiger charge is 2.21. The van der Waals surface area contributed by atoms with E-state index in [2.05, 4.69) is 9.72 Å². The molecular formula is C8H8ClFN2O3. The van der Waals surface area contributed by atoms with Crippen LogP contribution in [0.2, 0.25) is 5.02 Å². The van der Waals surface area contributed by atoms with E-state index in [0.29, 0.717) is 0 Å². The van der Waals surface area contributed by atoms with Gasteiger partial charge in [-0.1, -0.05) is 11.6 Å². The van der Waals surface area contributed by atoms with Gasteiger partial charge in [-0.25, -0.2) is 14.2 Å². The van der Waals surface area contributed by atoms with Gasteiger partial charge in [0.15, 0.2) is 11.5 Å². The number of carbonyl (C=O) groups excluding carboxylic acids is 1. The predicted molar refractivity (Wildman–Crippen MR) is 50.9 cm³/mol. The first-order chi connectivity index (χ1) is 7.02. The van der Waals surface area contributed by atoms with E-state index in [9.17, 15) is 9.18 Å².